The van der Waals surface area contributed by atoms with E-state index in [4.69, 9.17) is 0 Å². The summed E-state index contributed by atoms with van der Waals surface area (Å²) in [5.74, 6) is 0.944. The first-order chi connectivity index (χ1) is 9.35. The number of likely N-dealkylation sites (N-methyl/N-ethyl adjacent to an activating group) is 1. The van der Waals surface area contributed by atoms with Gasteiger partial charge in [-0.1, -0.05) is 12.8 Å². The smallest absolute Gasteiger partial charge is 0.0377 e. The first kappa shape index (κ1) is 13.0. The molecule has 3 rings (SSSR count). The van der Waals surface area contributed by atoms with Crippen molar-refractivity contribution in [2.75, 3.05) is 33.2 Å². The Morgan fingerprint density at radius 1 is 1.26 bits per heavy atom. The third-order valence-corrected chi connectivity index (χ3v) is 4.92. The molecule has 1 saturated heterocycles. The molecule has 1 aliphatic carbocycles. The zero-order chi connectivity index (χ0) is 13.1. The van der Waals surface area contributed by atoms with E-state index in [1.165, 1.54) is 50.9 Å². The van der Waals surface area contributed by atoms with Gasteiger partial charge in [0.05, 0.1) is 0 Å². The lowest BCUT2D eigenvalue weighted by Crippen LogP contribution is -2.31. The lowest BCUT2D eigenvalue weighted by atomic mass is 10.1. The Balaban J connectivity index is 1.49. The Hall–Kier alpha value is -0.960. The molecule has 0 aromatic carbocycles. The molecule has 3 nitrogen and oxygen atoms in total. The van der Waals surface area contributed by atoms with Gasteiger partial charge < -0.3 is 15.1 Å². The van der Waals surface area contributed by atoms with Gasteiger partial charge in [-0.3, -0.25) is 0 Å². The van der Waals surface area contributed by atoms with Crippen LogP contribution >= 0.6 is 0 Å². The van der Waals surface area contributed by atoms with Crippen LogP contribution in [0.4, 0.5) is 0 Å². The second-order valence-electron chi connectivity index (χ2n) is 6.27. The fourth-order valence-corrected chi connectivity index (χ4v) is 3.65. The normalized spacial score (nSPS) is 28.3. The van der Waals surface area contributed by atoms with Gasteiger partial charge in [0.2, 0.25) is 0 Å². The van der Waals surface area contributed by atoms with Crippen molar-refractivity contribution in [3.63, 3.8) is 0 Å². The second kappa shape index (κ2) is 6.00. The van der Waals surface area contributed by atoms with E-state index in [-0.39, 0.29) is 0 Å². The fourth-order valence-electron chi connectivity index (χ4n) is 3.65. The highest BCUT2D eigenvalue weighted by molar-refractivity contribution is 5.23. The molecule has 1 saturated carbocycles. The average Bonchev–Trinajstić information content (AvgIpc) is 3.10. The van der Waals surface area contributed by atoms with Gasteiger partial charge in [0.25, 0.3) is 0 Å². The van der Waals surface area contributed by atoms with Gasteiger partial charge in [0, 0.05) is 44.1 Å². The minimum atomic E-state index is 0.672. The van der Waals surface area contributed by atoms with Gasteiger partial charge in [-0.15, -0.1) is 0 Å². The molecule has 2 heterocycles. The molecule has 0 aromatic rings. The Bertz CT molecular complexity index is 355. The van der Waals surface area contributed by atoms with Crippen LogP contribution in [0.5, 0.6) is 0 Å². The topological polar surface area (TPSA) is 18.5 Å². The summed E-state index contributed by atoms with van der Waals surface area (Å²) < 4.78 is 0. The summed E-state index contributed by atoms with van der Waals surface area (Å²) in [6.45, 7) is 4.72. The fraction of sp³-hybridized carbons (Fsp3) is 0.750. The molecular formula is C16H27N3. The quantitative estimate of drug-likeness (QED) is 0.837. The summed E-state index contributed by atoms with van der Waals surface area (Å²) in [5, 5.41) is 3.39. The maximum Gasteiger partial charge on any atom is 0.0377 e. The zero-order valence-corrected chi connectivity index (χ0v) is 12.1. The Morgan fingerprint density at radius 2 is 2.11 bits per heavy atom. The number of nitrogens with zero attached hydrogens (tertiary/aromatic N) is 2. The van der Waals surface area contributed by atoms with Crippen LogP contribution in [0.2, 0.25) is 0 Å². The molecule has 0 amide bonds. The van der Waals surface area contributed by atoms with Gasteiger partial charge in [-0.25, -0.2) is 0 Å². The molecule has 0 bridgehead atoms. The Labute approximate surface area is 117 Å². The highest BCUT2D eigenvalue weighted by Crippen LogP contribution is 2.26. The predicted molar refractivity (Wildman–Crippen MR) is 79.8 cm³/mol. The van der Waals surface area contributed by atoms with Crippen LogP contribution < -0.4 is 5.32 Å². The molecular weight excluding hydrogens is 234 g/mol. The van der Waals surface area contributed by atoms with Crippen molar-refractivity contribution in [1.82, 2.24) is 15.1 Å². The molecule has 2 aliphatic heterocycles. The summed E-state index contributed by atoms with van der Waals surface area (Å²) in [4.78, 5) is 5.01. The molecule has 106 valence electrons. The van der Waals surface area contributed by atoms with Crippen LogP contribution in [0.15, 0.2) is 24.0 Å². The summed E-state index contributed by atoms with van der Waals surface area (Å²) in [6, 6.07) is 0.672. The second-order valence-corrected chi connectivity index (χ2v) is 6.27. The summed E-state index contributed by atoms with van der Waals surface area (Å²) in [6.07, 6.45) is 14.1. The van der Waals surface area contributed by atoms with Crippen molar-refractivity contribution in [1.29, 1.82) is 0 Å². The SMILES string of the molecule is CN[C@@H]1CCN(C2=CCN(CC3CCCC3)C=C2)C1. The van der Waals surface area contributed by atoms with E-state index in [1.54, 1.807) is 0 Å². The molecule has 19 heavy (non-hydrogen) atoms. The molecule has 2 fully saturated rings. The maximum absolute atomic E-state index is 3.39. The van der Waals surface area contributed by atoms with Crippen LogP contribution in [-0.2, 0) is 0 Å². The average molecular weight is 261 g/mol. The van der Waals surface area contributed by atoms with E-state index >= 15 is 0 Å². The molecule has 0 aromatic heterocycles. The first-order valence-electron chi connectivity index (χ1n) is 7.90. The lowest BCUT2D eigenvalue weighted by molar-refractivity contribution is 0.323. The first-order valence-corrected chi connectivity index (χ1v) is 7.90. The van der Waals surface area contributed by atoms with Crippen molar-refractivity contribution < 1.29 is 0 Å². The number of hydrogen-bond donors (Lipinski definition) is 1. The molecule has 3 aliphatic rings. The standard InChI is InChI=1S/C16H27N3/c1-17-15-6-11-19(13-15)16-7-9-18(10-8-16)12-14-4-2-3-5-14/h7-9,14-15,17H,2-6,10-13H2,1H3/t15-/m1/s1. The number of likely N-dealkylation sites (tertiary alicyclic amines) is 1. The van der Waals surface area contributed by atoms with Gasteiger partial charge >= 0.3 is 0 Å². The third-order valence-electron chi connectivity index (χ3n) is 4.92. The van der Waals surface area contributed by atoms with Gasteiger partial charge in [-0.05, 0) is 44.4 Å². The van der Waals surface area contributed by atoms with Crippen molar-refractivity contribution in [3.8, 4) is 0 Å². The van der Waals surface area contributed by atoms with E-state index in [2.05, 4.69) is 40.5 Å². The van der Waals surface area contributed by atoms with Gasteiger partial charge in [0.15, 0.2) is 0 Å². The van der Waals surface area contributed by atoms with E-state index in [9.17, 15) is 0 Å². The van der Waals surface area contributed by atoms with Crippen LogP contribution in [0.1, 0.15) is 32.1 Å². The molecule has 0 radical (unpaired) electrons. The Kier molecular flexibility index (Phi) is 4.12. The van der Waals surface area contributed by atoms with E-state index in [0.717, 1.165) is 19.0 Å². The lowest BCUT2D eigenvalue weighted by Gasteiger charge is -2.29. The number of hydrogen-bond acceptors (Lipinski definition) is 3. The van der Waals surface area contributed by atoms with E-state index < -0.39 is 0 Å². The van der Waals surface area contributed by atoms with Crippen LogP contribution in [0, 0.1) is 5.92 Å². The monoisotopic (exact) mass is 261 g/mol. The molecule has 0 spiro atoms. The highest BCUT2D eigenvalue weighted by Gasteiger charge is 2.23. The maximum atomic E-state index is 3.39. The summed E-state index contributed by atoms with van der Waals surface area (Å²) in [7, 11) is 2.07. The number of rotatable bonds is 4. The van der Waals surface area contributed by atoms with Crippen molar-refractivity contribution in [2.24, 2.45) is 5.92 Å². The molecule has 1 N–H and O–H groups in total. The summed E-state index contributed by atoms with van der Waals surface area (Å²) in [5.41, 5.74) is 1.43. The predicted octanol–water partition coefficient (Wildman–Crippen LogP) is 2.18. The van der Waals surface area contributed by atoms with Crippen molar-refractivity contribution in [2.45, 2.75) is 38.1 Å². The van der Waals surface area contributed by atoms with E-state index in [0.29, 0.717) is 6.04 Å². The van der Waals surface area contributed by atoms with Crippen LogP contribution in [0.3, 0.4) is 0 Å². The van der Waals surface area contributed by atoms with Crippen LogP contribution in [0.25, 0.3) is 0 Å². The Morgan fingerprint density at radius 3 is 2.74 bits per heavy atom. The molecule has 0 unspecified atom stereocenters. The number of nitrogens with one attached hydrogen (secondary N) is 1. The molecule has 1 atom stereocenters. The molecule has 3 heteroatoms. The van der Waals surface area contributed by atoms with Gasteiger partial charge in [0.1, 0.15) is 0 Å². The van der Waals surface area contributed by atoms with Crippen LogP contribution in [-0.4, -0.2) is 49.1 Å². The highest BCUT2D eigenvalue weighted by atomic mass is 15.2. The van der Waals surface area contributed by atoms with E-state index in [1.807, 2.05) is 0 Å². The van der Waals surface area contributed by atoms with Crippen molar-refractivity contribution in [3.05, 3.63) is 24.0 Å². The minimum absolute atomic E-state index is 0.672. The van der Waals surface area contributed by atoms with Gasteiger partial charge in [-0.2, -0.15) is 0 Å². The minimum Gasteiger partial charge on any atom is -0.373 e. The third kappa shape index (κ3) is 3.14. The van der Waals surface area contributed by atoms with Crippen molar-refractivity contribution >= 4 is 0 Å². The summed E-state index contributed by atoms with van der Waals surface area (Å²) >= 11 is 0. The zero-order valence-electron chi connectivity index (χ0n) is 12.1. The number of allylic oxidation sites excluding steroid dienone is 1. The largest absolute Gasteiger partial charge is 0.373 e.